The van der Waals surface area contributed by atoms with Crippen LogP contribution in [0.1, 0.15) is 27.5 Å². The summed E-state index contributed by atoms with van der Waals surface area (Å²) in [4.78, 5) is 24.4. The maximum Gasteiger partial charge on any atom is 0.341 e. The Hall–Kier alpha value is -3.67. The van der Waals surface area contributed by atoms with E-state index < -0.39 is 30.3 Å². The number of ether oxygens (including phenoxy) is 2. The van der Waals surface area contributed by atoms with E-state index in [9.17, 15) is 14.0 Å². The molecule has 0 heterocycles. The van der Waals surface area contributed by atoms with E-state index >= 15 is 0 Å². The van der Waals surface area contributed by atoms with Crippen LogP contribution in [0.15, 0.2) is 78.9 Å². The number of amides is 1. The predicted molar refractivity (Wildman–Crippen MR) is 106 cm³/mol. The summed E-state index contributed by atoms with van der Waals surface area (Å²) in [7, 11) is 1.58. The summed E-state index contributed by atoms with van der Waals surface area (Å²) in [6.07, 6.45) is 0. The molecule has 0 aliphatic carbocycles. The molecule has 6 heteroatoms. The summed E-state index contributed by atoms with van der Waals surface area (Å²) >= 11 is 0. The number of esters is 1. The van der Waals surface area contributed by atoms with Gasteiger partial charge in [-0.05, 0) is 35.4 Å². The minimum atomic E-state index is -0.890. The van der Waals surface area contributed by atoms with E-state index in [0.717, 1.165) is 17.2 Å². The molecule has 0 saturated carbocycles. The molecule has 29 heavy (non-hydrogen) atoms. The van der Waals surface area contributed by atoms with Crippen molar-refractivity contribution in [3.05, 3.63) is 101 Å². The minimum absolute atomic E-state index is 0.213. The number of carbonyl (C=O) groups excluding carboxylic acids is 2. The van der Waals surface area contributed by atoms with Gasteiger partial charge in [0.2, 0.25) is 0 Å². The van der Waals surface area contributed by atoms with Gasteiger partial charge in [0.05, 0.1) is 18.7 Å². The van der Waals surface area contributed by atoms with Crippen LogP contribution in [0.2, 0.25) is 0 Å². The third-order valence-electron chi connectivity index (χ3n) is 4.32. The highest BCUT2D eigenvalue weighted by Crippen LogP contribution is 2.24. The minimum Gasteiger partial charge on any atom is -0.497 e. The van der Waals surface area contributed by atoms with Crippen molar-refractivity contribution < 1.29 is 23.5 Å². The standard InChI is InChI=1S/C23H20FNO4/c1-28-18-13-11-17(12-14-18)22(16-7-3-2-4-8-16)25-21(26)15-29-23(27)19-9-5-6-10-20(19)24/h2-14,22H,15H2,1H3,(H,25,26)/t22-/m1/s1. The van der Waals surface area contributed by atoms with Crippen LogP contribution in [0, 0.1) is 5.82 Å². The molecule has 5 nitrogen and oxygen atoms in total. The summed E-state index contributed by atoms with van der Waals surface area (Å²) in [6, 6.07) is 21.7. The van der Waals surface area contributed by atoms with Crippen LogP contribution in [0.3, 0.4) is 0 Å². The SMILES string of the molecule is COc1ccc([C@H](NC(=O)COC(=O)c2ccccc2F)c2ccccc2)cc1. The molecule has 3 aromatic rings. The number of nitrogens with one attached hydrogen (secondary N) is 1. The normalized spacial score (nSPS) is 11.4. The molecule has 3 aromatic carbocycles. The molecule has 0 aromatic heterocycles. The van der Waals surface area contributed by atoms with Crippen LogP contribution in [0.4, 0.5) is 4.39 Å². The lowest BCUT2D eigenvalue weighted by Gasteiger charge is -2.20. The van der Waals surface area contributed by atoms with Crippen LogP contribution in [0.25, 0.3) is 0 Å². The number of benzene rings is 3. The van der Waals surface area contributed by atoms with E-state index in [2.05, 4.69) is 5.32 Å². The molecule has 1 amide bonds. The number of carbonyl (C=O) groups is 2. The maximum absolute atomic E-state index is 13.7. The first-order valence-corrected chi connectivity index (χ1v) is 8.98. The Morgan fingerprint density at radius 3 is 2.17 bits per heavy atom. The van der Waals surface area contributed by atoms with Crippen LogP contribution >= 0.6 is 0 Å². The average molecular weight is 393 g/mol. The largest absolute Gasteiger partial charge is 0.497 e. The number of methoxy groups -OCH3 is 1. The molecule has 1 atom stereocenters. The zero-order valence-corrected chi connectivity index (χ0v) is 15.8. The van der Waals surface area contributed by atoms with Crippen LogP contribution in [-0.4, -0.2) is 25.6 Å². The molecule has 0 aliphatic heterocycles. The molecule has 0 fully saturated rings. The van der Waals surface area contributed by atoms with Gasteiger partial charge in [0.1, 0.15) is 11.6 Å². The van der Waals surface area contributed by atoms with Gasteiger partial charge in [-0.15, -0.1) is 0 Å². The fraction of sp³-hybridized carbons (Fsp3) is 0.130. The monoisotopic (exact) mass is 393 g/mol. The van der Waals surface area contributed by atoms with Gasteiger partial charge in [-0.1, -0.05) is 54.6 Å². The highest BCUT2D eigenvalue weighted by Gasteiger charge is 2.19. The predicted octanol–water partition coefficient (Wildman–Crippen LogP) is 3.90. The second-order valence-corrected chi connectivity index (χ2v) is 6.24. The smallest absolute Gasteiger partial charge is 0.341 e. The molecular formula is C23H20FNO4. The van der Waals surface area contributed by atoms with E-state index in [1.165, 1.54) is 18.2 Å². The number of hydrogen-bond donors (Lipinski definition) is 1. The van der Waals surface area contributed by atoms with Gasteiger partial charge < -0.3 is 14.8 Å². The average Bonchev–Trinajstić information content (AvgIpc) is 2.77. The van der Waals surface area contributed by atoms with E-state index in [0.29, 0.717) is 5.75 Å². The fourth-order valence-electron chi connectivity index (χ4n) is 2.84. The van der Waals surface area contributed by atoms with E-state index in [4.69, 9.17) is 9.47 Å². The van der Waals surface area contributed by atoms with Gasteiger partial charge >= 0.3 is 5.97 Å². The first-order valence-electron chi connectivity index (χ1n) is 8.98. The lowest BCUT2D eigenvalue weighted by molar-refractivity contribution is -0.124. The summed E-state index contributed by atoms with van der Waals surface area (Å²) in [6.45, 7) is -0.521. The molecule has 0 bridgehead atoms. The lowest BCUT2D eigenvalue weighted by Crippen LogP contribution is -2.33. The molecule has 0 aliphatic rings. The maximum atomic E-state index is 13.7. The molecule has 0 radical (unpaired) electrons. The Labute approximate surface area is 168 Å². The second kappa shape index (κ2) is 9.50. The van der Waals surface area contributed by atoms with E-state index in [1.807, 2.05) is 42.5 Å². The van der Waals surface area contributed by atoms with Crippen molar-refractivity contribution in [1.29, 1.82) is 0 Å². The molecular weight excluding hydrogens is 373 g/mol. The zero-order valence-electron chi connectivity index (χ0n) is 15.8. The van der Waals surface area contributed by atoms with Gasteiger partial charge in [-0.3, -0.25) is 4.79 Å². The fourth-order valence-corrected chi connectivity index (χ4v) is 2.84. The van der Waals surface area contributed by atoms with Crippen molar-refractivity contribution in [2.45, 2.75) is 6.04 Å². The third kappa shape index (κ3) is 5.19. The van der Waals surface area contributed by atoms with Gasteiger partial charge in [-0.25, -0.2) is 9.18 Å². The number of rotatable bonds is 7. The van der Waals surface area contributed by atoms with Crippen LogP contribution in [-0.2, 0) is 9.53 Å². The van der Waals surface area contributed by atoms with Gasteiger partial charge in [0.25, 0.3) is 5.91 Å². The highest BCUT2D eigenvalue weighted by molar-refractivity contribution is 5.91. The summed E-state index contributed by atoms with van der Waals surface area (Å²) in [5.74, 6) is -1.39. The van der Waals surface area contributed by atoms with Crippen molar-refractivity contribution in [1.82, 2.24) is 5.32 Å². The number of halogens is 1. The Balaban J connectivity index is 1.71. The van der Waals surface area contributed by atoms with Gasteiger partial charge in [0, 0.05) is 0 Å². The van der Waals surface area contributed by atoms with Gasteiger partial charge in [-0.2, -0.15) is 0 Å². The first kappa shape index (κ1) is 20.1. The Morgan fingerprint density at radius 2 is 1.52 bits per heavy atom. The highest BCUT2D eigenvalue weighted by atomic mass is 19.1. The molecule has 148 valence electrons. The Bertz CT molecular complexity index is 974. The van der Waals surface area contributed by atoms with E-state index in [-0.39, 0.29) is 5.56 Å². The van der Waals surface area contributed by atoms with Gasteiger partial charge in [0.15, 0.2) is 6.61 Å². The summed E-state index contributed by atoms with van der Waals surface area (Å²) in [5.41, 5.74) is 1.49. The molecule has 3 rings (SSSR count). The topological polar surface area (TPSA) is 64.6 Å². The quantitative estimate of drug-likeness (QED) is 0.619. The van der Waals surface area contributed by atoms with Crippen molar-refractivity contribution in [3.63, 3.8) is 0 Å². The molecule has 0 unspecified atom stereocenters. The van der Waals surface area contributed by atoms with E-state index in [1.54, 1.807) is 19.2 Å². The van der Waals surface area contributed by atoms with Crippen LogP contribution < -0.4 is 10.1 Å². The summed E-state index contributed by atoms with van der Waals surface area (Å²) < 4.78 is 23.8. The van der Waals surface area contributed by atoms with Crippen LogP contribution in [0.5, 0.6) is 5.75 Å². The van der Waals surface area contributed by atoms with Crippen molar-refractivity contribution in [2.24, 2.45) is 0 Å². The van der Waals surface area contributed by atoms with Crippen molar-refractivity contribution in [2.75, 3.05) is 13.7 Å². The molecule has 0 saturated heterocycles. The first-order chi connectivity index (χ1) is 14.1. The molecule has 1 N–H and O–H groups in total. The number of hydrogen-bond acceptors (Lipinski definition) is 4. The van der Waals surface area contributed by atoms with Crippen molar-refractivity contribution in [3.8, 4) is 5.75 Å². The summed E-state index contributed by atoms with van der Waals surface area (Å²) in [5, 5.41) is 2.86. The molecule has 0 spiro atoms. The third-order valence-corrected chi connectivity index (χ3v) is 4.32. The second-order valence-electron chi connectivity index (χ2n) is 6.24. The lowest BCUT2D eigenvalue weighted by atomic mass is 9.98. The van der Waals surface area contributed by atoms with Crippen molar-refractivity contribution >= 4 is 11.9 Å². The zero-order chi connectivity index (χ0) is 20.6. The Kier molecular flexibility index (Phi) is 6.58. The Morgan fingerprint density at radius 1 is 0.897 bits per heavy atom.